The average molecular weight is 290 g/mol. The Kier molecular flexibility index (Phi) is 3.99. The van der Waals surface area contributed by atoms with Crippen LogP contribution in [0.1, 0.15) is 15.9 Å². The van der Waals surface area contributed by atoms with Gasteiger partial charge in [-0.3, -0.25) is 10.1 Å². The summed E-state index contributed by atoms with van der Waals surface area (Å²) in [6.45, 7) is 1.92. The number of rotatable bonds is 4. The number of nitrogens with zero attached hydrogens (tertiary/aromatic N) is 2. The van der Waals surface area contributed by atoms with Crippen molar-refractivity contribution in [1.29, 1.82) is 0 Å². The Bertz CT molecular complexity index is 688. The van der Waals surface area contributed by atoms with Gasteiger partial charge in [-0.15, -0.1) is 0 Å². The van der Waals surface area contributed by atoms with Gasteiger partial charge in [0.05, 0.1) is 10.5 Å². The number of carbonyl (C=O) groups is 1. The molecule has 1 heterocycles. The molecule has 0 saturated carbocycles. The van der Waals surface area contributed by atoms with Crippen molar-refractivity contribution in [2.45, 2.75) is 16.8 Å². The van der Waals surface area contributed by atoms with Crippen LogP contribution >= 0.6 is 11.8 Å². The summed E-state index contributed by atoms with van der Waals surface area (Å²) in [4.78, 5) is 25.9. The van der Waals surface area contributed by atoms with Gasteiger partial charge in [0, 0.05) is 17.2 Å². The molecule has 0 aliphatic heterocycles. The first-order valence-corrected chi connectivity index (χ1v) is 6.41. The van der Waals surface area contributed by atoms with Gasteiger partial charge >= 0.3 is 11.7 Å². The van der Waals surface area contributed by atoms with Crippen molar-refractivity contribution in [2.24, 2.45) is 0 Å². The molecule has 0 aliphatic rings. The minimum absolute atomic E-state index is 0.172. The van der Waals surface area contributed by atoms with E-state index in [1.807, 2.05) is 31.2 Å². The van der Waals surface area contributed by atoms with Crippen LogP contribution in [0.15, 0.2) is 46.5 Å². The first kappa shape index (κ1) is 14.0. The van der Waals surface area contributed by atoms with E-state index >= 15 is 0 Å². The summed E-state index contributed by atoms with van der Waals surface area (Å²) >= 11 is 1.13. The molecule has 1 aromatic carbocycles. The Morgan fingerprint density at radius 3 is 2.75 bits per heavy atom. The maximum Gasteiger partial charge on any atom is 0.337 e. The number of nitro groups is 1. The van der Waals surface area contributed by atoms with E-state index in [-0.39, 0.29) is 16.3 Å². The molecule has 2 aromatic rings. The van der Waals surface area contributed by atoms with Crippen LogP contribution in [-0.4, -0.2) is 21.0 Å². The van der Waals surface area contributed by atoms with Crippen molar-refractivity contribution in [3.05, 3.63) is 57.8 Å². The van der Waals surface area contributed by atoms with Crippen LogP contribution in [0, 0.1) is 17.0 Å². The summed E-state index contributed by atoms with van der Waals surface area (Å²) in [5.74, 6) is -1.24. The zero-order chi connectivity index (χ0) is 14.7. The number of hydrogen-bond acceptors (Lipinski definition) is 5. The smallest absolute Gasteiger partial charge is 0.337 e. The summed E-state index contributed by atoms with van der Waals surface area (Å²) in [6, 6.07) is 8.47. The third kappa shape index (κ3) is 3.12. The number of carboxylic acid groups (broad SMARTS) is 1. The minimum Gasteiger partial charge on any atom is -0.478 e. The molecule has 20 heavy (non-hydrogen) atoms. The van der Waals surface area contributed by atoms with E-state index in [2.05, 4.69) is 4.98 Å². The molecule has 0 bridgehead atoms. The second-order valence-corrected chi connectivity index (χ2v) is 5.09. The number of aryl methyl sites for hydroxylation is 1. The van der Waals surface area contributed by atoms with E-state index in [9.17, 15) is 14.9 Å². The van der Waals surface area contributed by atoms with Crippen LogP contribution in [0.2, 0.25) is 0 Å². The zero-order valence-corrected chi connectivity index (χ0v) is 11.3. The average Bonchev–Trinajstić information content (AvgIpc) is 2.38. The van der Waals surface area contributed by atoms with E-state index in [1.54, 1.807) is 0 Å². The molecule has 0 aliphatic carbocycles. The van der Waals surface area contributed by atoms with Crippen molar-refractivity contribution in [3.8, 4) is 0 Å². The van der Waals surface area contributed by atoms with Crippen molar-refractivity contribution in [2.75, 3.05) is 0 Å². The summed E-state index contributed by atoms with van der Waals surface area (Å²) in [6.07, 6.45) is 1.12. The molecule has 0 fully saturated rings. The maximum absolute atomic E-state index is 11.0. The van der Waals surface area contributed by atoms with Gasteiger partial charge in [0.25, 0.3) is 0 Å². The monoisotopic (exact) mass is 290 g/mol. The second-order valence-electron chi connectivity index (χ2n) is 4.03. The van der Waals surface area contributed by atoms with Gasteiger partial charge in [-0.05, 0) is 19.1 Å². The number of benzene rings is 1. The predicted molar refractivity (Wildman–Crippen MR) is 73.2 cm³/mol. The van der Waals surface area contributed by atoms with Crippen LogP contribution in [0.25, 0.3) is 0 Å². The number of carboxylic acids is 1. The third-order valence-corrected chi connectivity index (χ3v) is 3.48. The lowest BCUT2D eigenvalue weighted by molar-refractivity contribution is -0.388. The molecule has 0 unspecified atom stereocenters. The lowest BCUT2D eigenvalue weighted by Crippen LogP contribution is -2.01. The number of aromatic nitrogens is 1. The van der Waals surface area contributed by atoms with E-state index in [0.717, 1.165) is 34.5 Å². The summed E-state index contributed by atoms with van der Waals surface area (Å²) in [7, 11) is 0. The van der Waals surface area contributed by atoms with E-state index < -0.39 is 10.9 Å². The predicted octanol–water partition coefficient (Wildman–Crippen LogP) is 3.15. The summed E-state index contributed by atoms with van der Waals surface area (Å²) in [5.41, 5.74) is 0.515. The van der Waals surface area contributed by atoms with Crippen LogP contribution in [0.4, 0.5) is 5.69 Å². The van der Waals surface area contributed by atoms with Crippen molar-refractivity contribution in [1.82, 2.24) is 4.98 Å². The minimum atomic E-state index is -1.24. The highest BCUT2D eigenvalue weighted by Gasteiger charge is 2.19. The van der Waals surface area contributed by atoms with Crippen LogP contribution < -0.4 is 0 Å². The van der Waals surface area contributed by atoms with Gasteiger partial charge in [-0.1, -0.05) is 29.5 Å². The van der Waals surface area contributed by atoms with Gasteiger partial charge in [0.1, 0.15) is 0 Å². The number of aromatic carboxylic acids is 1. The van der Waals surface area contributed by atoms with E-state index in [1.165, 1.54) is 0 Å². The third-order valence-electron chi connectivity index (χ3n) is 2.48. The standard InChI is InChI=1S/C13H10N2O4S/c1-8-3-2-4-10(5-8)20-12-11(15(18)19)6-9(7-14-12)13(16)17/h2-7H,1H3,(H,16,17). The first-order chi connectivity index (χ1) is 9.47. The Hall–Kier alpha value is -2.41. The van der Waals surface area contributed by atoms with E-state index in [0.29, 0.717) is 0 Å². The van der Waals surface area contributed by atoms with Crippen LogP contribution in [0.5, 0.6) is 0 Å². The molecular weight excluding hydrogens is 280 g/mol. The fraction of sp³-hybridized carbons (Fsp3) is 0.0769. The lowest BCUT2D eigenvalue weighted by Gasteiger charge is -2.04. The largest absolute Gasteiger partial charge is 0.478 e. The molecule has 7 heteroatoms. The number of pyridine rings is 1. The Morgan fingerprint density at radius 1 is 1.40 bits per heavy atom. The first-order valence-electron chi connectivity index (χ1n) is 5.59. The highest BCUT2D eigenvalue weighted by Crippen LogP contribution is 2.33. The molecule has 1 N–H and O–H groups in total. The molecule has 102 valence electrons. The molecular formula is C13H10N2O4S. The summed E-state index contributed by atoms with van der Waals surface area (Å²) < 4.78 is 0. The second kappa shape index (κ2) is 5.70. The molecule has 0 amide bonds. The van der Waals surface area contributed by atoms with E-state index in [4.69, 9.17) is 5.11 Å². The molecule has 0 spiro atoms. The topological polar surface area (TPSA) is 93.3 Å². The lowest BCUT2D eigenvalue weighted by atomic mass is 10.2. The Balaban J connectivity index is 2.41. The molecule has 1 aromatic heterocycles. The molecule has 6 nitrogen and oxygen atoms in total. The molecule has 0 radical (unpaired) electrons. The maximum atomic E-state index is 11.0. The fourth-order valence-electron chi connectivity index (χ4n) is 1.56. The summed E-state index contributed by atoms with van der Waals surface area (Å²) in [5, 5.41) is 20.0. The van der Waals surface area contributed by atoms with Crippen LogP contribution in [-0.2, 0) is 0 Å². The zero-order valence-electron chi connectivity index (χ0n) is 10.4. The van der Waals surface area contributed by atoms with Crippen molar-refractivity contribution < 1.29 is 14.8 Å². The fourth-order valence-corrected chi connectivity index (χ4v) is 2.52. The molecule has 2 rings (SSSR count). The Labute approximate surface area is 118 Å². The van der Waals surface area contributed by atoms with Crippen molar-refractivity contribution in [3.63, 3.8) is 0 Å². The SMILES string of the molecule is Cc1cccc(Sc2ncc(C(=O)O)cc2[N+](=O)[O-])c1. The van der Waals surface area contributed by atoms with Gasteiger partial charge in [0.15, 0.2) is 5.03 Å². The van der Waals surface area contributed by atoms with Gasteiger partial charge in [0.2, 0.25) is 0 Å². The normalized spacial score (nSPS) is 10.2. The Morgan fingerprint density at radius 2 is 2.15 bits per heavy atom. The van der Waals surface area contributed by atoms with Gasteiger partial charge < -0.3 is 5.11 Å². The highest BCUT2D eigenvalue weighted by atomic mass is 32.2. The number of hydrogen-bond donors (Lipinski definition) is 1. The molecule has 0 saturated heterocycles. The quantitative estimate of drug-likeness (QED) is 0.686. The van der Waals surface area contributed by atoms with Gasteiger partial charge in [-0.25, -0.2) is 9.78 Å². The molecule has 0 atom stereocenters. The van der Waals surface area contributed by atoms with Crippen molar-refractivity contribution >= 4 is 23.4 Å². The van der Waals surface area contributed by atoms with Gasteiger partial charge in [-0.2, -0.15) is 0 Å². The highest BCUT2D eigenvalue weighted by molar-refractivity contribution is 7.99. The van der Waals surface area contributed by atoms with Crippen LogP contribution in [0.3, 0.4) is 0 Å².